The zero-order chi connectivity index (χ0) is 19.9. The quantitative estimate of drug-likeness (QED) is 0.700. The third-order valence-electron chi connectivity index (χ3n) is 4.63. The number of unbranched alkanes of at least 4 members (excludes halogenated alkanes) is 1. The fourth-order valence-electron chi connectivity index (χ4n) is 2.92. The molecule has 0 saturated heterocycles. The van der Waals surface area contributed by atoms with Crippen LogP contribution < -0.4 is 24.3 Å². The molecule has 0 saturated carbocycles. The monoisotopic (exact) mass is 385 g/mol. The molecule has 2 aromatic rings. The van der Waals surface area contributed by atoms with Crippen LogP contribution >= 0.6 is 0 Å². The van der Waals surface area contributed by atoms with Crippen LogP contribution in [0.4, 0.5) is 0 Å². The van der Waals surface area contributed by atoms with E-state index in [9.17, 15) is 4.79 Å². The van der Waals surface area contributed by atoms with Gasteiger partial charge >= 0.3 is 0 Å². The second kappa shape index (κ2) is 9.35. The van der Waals surface area contributed by atoms with Crippen LogP contribution in [0.2, 0.25) is 0 Å². The van der Waals surface area contributed by atoms with Crippen LogP contribution in [0.25, 0.3) is 0 Å². The minimum Gasteiger partial charge on any atom is -0.493 e. The zero-order valence-corrected chi connectivity index (χ0v) is 16.6. The highest BCUT2D eigenvalue weighted by atomic mass is 16.6. The molecule has 1 amide bonds. The Balaban J connectivity index is 1.62. The van der Waals surface area contributed by atoms with E-state index in [-0.39, 0.29) is 18.1 Å². The number of carbonyl (C=O) groups excluding carboxylic acids is 1. The lowest BCUT2D eigenvalue weighted by molar-refractivity contribution is 0.0606. The molecule has 0 bridgehead atoms. The smallest absolute Gasteiger partial charge is 0.251 e. The Kier molecular flexibility index (Phi) is 6.63. The van der Waals surface area contributed by atoms with Crippen LogP contribution in [-0.2, 0) is 0 Å². The molecular formula is C22H27NO5. The maximum Gasteiger partial charge on any atom is 0.251 e. The molecule has 6 heteroatoms. The van der Waals surface area contributed by atoms with Gasteiger partial charge in [0, 0.05) is 5.56 Å². The molecular weight excluding hydrogens is 358 g/mol. The fourth-order valence-corrected chi connectivity index (χ4v) is 2.92. The number of nitrogens with one attached hydrogen (secondary N) is 1. The zero-order valence-electron chi connectivity index (χ0n) is 16.6. The van der Waals surface area contributed by atoms with E-state index in [0.29, 0.717) is 36.0 Å². The summed E-state index contributed by atoms with van der Waals surface area (Å²) in [6, 6.07) is 12.5. The van der Waals surface area contributed by atoms with Crippen molar-refractivity contribution in [1.82, 2.24) is 5.32 Å². The molecule has 0 unspecified atom stereocenters. The summed E-state index contributed by atoms with van der Waals surface area (Å²) in [7, 11) is 1.57. The average molecular weight is 385 g/mol. The second-order valence-corrected chi connectivity index (χ2v) is 6.74. The van der Waals surface area contributed by atoms with Gasteiger partial charge in [-0.15, -0.1) is 0 Å². The number of methoxy groups -OCH3 is 1. The first-order chi connectivity index (χ1) is 13.6. The summed E-state index contributed by atoms with van der Waals surface area (Å²) < 4.78 is 22.8. The van der Waals surface area contributed by atoms with Crippen molar-refractivity contribution in [3.63, 3.8) is 0 Å². The number of rotatable bonds is 8. The highest BCUT2D eigenvalue weighted by Gasteiger charge is 2.27. The standard InChI is InChI=1S/C22H27NO5/c1-4-5-12-26-18-11-10-16(13-20(18)25-3)22(24)23-15(2)21-14-27-17-8-6-7-9-19(17)28-21/h6-11,13,15,21H,4-5,12,14H2,1-3H3,(H,23,24)/t15-,21-/m0/s1. The second-order valence-electron chi connectivity index (χ2n) is 6.74. The van der Waals surface area contributed by atoms with Crippen LogP contribution in [0.1, 0.15) is 37.0 Å². The number of ether oxygens (including phenoxy) is 4. The molecule has 1 aliphatic rings. The van der Waals surface area contributed by atoms with Gasteiger partial charge in [0.2, 0.25) is 0 Å². The Bertz CT molecular complexity index is 807. The van der Waals surface area contributed by atoms with Crippen molar-refractivity contribution in [3.8, 4) is 23.0 Å². The van der Waals surface area contributed by atoms with Gasteiger partial charge in [0.25, 0.3) is 5.91 Å². The van der Waals surface area contributed by atoms with Crippen molar-refractivity contribution < 1.29 is 23.7 Å². The van der Waals surface area contributed by atoms with Crippen molar-refractivity contribution in [3.05, 3.63) is 48.0 Å². The summed E-state index contributed by atoms with van der Waals surface area (Å²) in [5, 5.41) is 2.98. The summed E-state index contributed by atoms with van der Waals surface area (Å²) >= 11 is 0. The molecule has 6 nitrogen and oxygen atoms in total. The SMILES string of the molecule is CCCCOc1ccc(C(=O)N[C@@H](C)[C@@H]2COc3ccccc3O2)cc1OC. The normalized spacial score (nSPS) is 16.2. The fraction of sp³-hybridized carbons (Fsp3) is 0.409. The van der Waals surface area contributed by atoms with Gasteiger partial charge in [-0.2, -0.15) is 0 Å². The first-order valence-electron chi connectivity index (χ1n) is 9.62. The minimum absolute atomic E-state index is 0.201. The number of benzene rings is 2. The predicted octanol–water partition coefficient (Wildman–Crippen LogP) is 3.83. The van der Waals surface area contributed by atoms with E-state index < -0.39 is 0 Å². The van der Waals surface area contributed by atoms with E-state index in [0.717, 1.165) is 18.6 Å². The topological polar surface area (TPSA) is 66.0 Å². The first-order valence-corrected chi connectivity index (χ1v) is 9.62. The molecule has 0 aromatic heterocycles. The molecule has 150 valence electrons. The number of fused-ring (bicyclic) bond motifs is 1. The summed E-state index contributed by atoms with van der Waals surface area (Å²) in [6.07, 6.45) is 1.76. The Morgan fingerprint density at radius 1 is 1.21 bits per heavy atom. The number of hydrogen-bond acceptors (Lipinski definition) is 5. The van der Waals surface area contributed by atoms with Gasteiger partial charge in [-0.3, -0.25) is 4.79 Å². The predicted molar refractivity (Wildman–Crippen MR) is 107 cm³/mol. The summed E-state index contributed by atoms with van der Waals surface area (Å²) in [5.74, 6) is 2.40. The number of para-hydroxylation sites is 2. The van der Waals surface area contributed by atoms with E-state index in [1.54, 1.807) is 25.3 Å². The third kappa shape index (κ3) is 4.68. The van der Waals surface area contributed by atoms with Crippen molar-refractivity contribution in [2.24, 2.45) is 0 Å². The van der Waals surface area contributed by atoms with Crippen LogP contribution in [-0.4, -0.2) is 38.4 Å². The minimum atomic E-state index is -0.266. The lowest BCUT2D eigenvalue weighted by Gasteiger charge is -2.30. The van der Waals surface area contributed by atoms with Gasteiger partial charge in [-0.25, -0.2) is 0 Å². The Labute approximate surface area is 165 Å². The maximum absolute atomic E-state index is 12.7. The molecule has 0 aliphatic carbocycles. The van der Waals surface area contributed by atoms with Crippen LogP contribution in [0.15, 0.2) is 42.5 Å². The van der Waals surface area contributed by atoms with E-state index in [4.69, 9.17) is 18.9 Å². The van der Waals surface area contributed by atoms with Crippen LogP contribution in [0.5, 0.6) is 23.0 Å². The molecule has 28 heavy (non-hydrogen) atoms. The maximum atomic E-state index is 12.7. The summed E-state index contributed by atoms with van der Waals surface area (Å²) in [5.41, 5.74) is 0.503. The van der Waals surface area contributed by atoms with Crippen molar-refractivity contribution in [2.45, 2.75) is 38.8 Å². The van der Waals surface area contributed by atoms with Gasteiger partial charge in [0.15, 0.2) is 29.1 Å². The summed E-state index contributed by atoms with van der Waals surface area (Å²) in [6.45, 7) is 5.01. The van der Waals surface area contributed by atoms with Gasteiger partial charge in [-0.05, 0) is 43.7 Å². The molecule has 0 spiro atoms. The Morgan fingerprint density at radius 3 is 2.75 bits per heavy atom. The molecule has 2 aromatic carbocycles. The highest BCUT2D eigenvalue weighted by molar-refractivity contribution is 5.95. The molecule has 0 radical (unpaired) electrons. The van der Waals surface area contributed by atoms with Crippen molar-refractivity contribution >= 4 is 5.91 Å². The van der Waals surface area contributed by atoms with Gasteiger partial charge in [0.05, 0.1) is 19.8 Å². The third-order valence-corrected chi connectivity index (χ3v) is 4.63. The average Bonchev–Trinajstić information content (AvgIpc) is 2.73. The molecule has 3 rings (SSSR count). The Hall–Kier alpha value is -2.89. The molecule has 1 aliphatic heterocycles. The number of carbonyl (C=O) groups is 1. The van der Waals surface area contributed by atoms with E-state index in [2.05, 4.69) is 12.2 Å². The van der Waals surface area contributed by atoms with Gasteiger partial charge < -0.3 is 24.3 Å². The van der Waals surface area contributed by atoms with Gasteiger partial charge in [0.1, 0.15) is 6.61 Å². The van der Waals surface area contributed by atoms with Gasteiger partial charge in [-0.1, -0.05) is 25.5 Å². The largest absolute Gasteiger partial charge is 0.493 e. The van der Waals surface area contributed by atoms with Crippen molar-refractivity contribution in [2.75, 3.05) is 20.3 Å². The van der Waals surface area contributed by atoms with Crippen LogP contribution in [0, 0.1) is 0 Å². The summed E-state index contributed by atoms with van der Waals surface area (Å²) in [4.78, 5) is 12.7. The van der Waals surface area contributed by atoms with E-state index in [1.807, 2.05) is 31.2 Å². The first kappa shape index (κ1) is 19.9. The van der Waals surface area contributed by atoms with E-state index >= 15 is 0 Å². The lowest BCUT2D eigenvalue weighted by atomic mass is 10.1. The molecule has 1 N–H and O–H groups in total. The van der Waals surface area contributed by atoms with Crippen LogP contribution in [0.3, 0.4) is 0 Å². The molecule has 0 fully saturated rings. The van der Waals surface area contributed by atoms with Crippen molar-refractivity contribution in [1.29, 1.82) is 0 Å². The molecule has 2 atom stereocenters. The highest BCUT2D eigenvalue weighted by Crippen LogP contribution is 2.32. The number of amides is 1. The molecule has 1 heterocycles. The lowest BCUT2D eigenvalue weighted by Crippen LogP contribution is -2.48. The number of hydrogen-bond donors (Lipinski definition) is 1. The Morgan fingerprint density at radius 2 is 2.00 bits per heavy atom. The van der Waals surface area contributed by atoms with E-state index in [1.165, 1.54) is 0 Å².